The van der Waals surface area contributed by atoms with Gasteiger partial charge in [0.2, 0.25) is 5.90 Å². The van der Waals surface area contributed by atoms with Crippen LogP contribution in [0.15, 0.2) is 46.3 Å². The number of rotatable bonds is 7. The number of nitrogens with one attached hydrogen (secondary N) is 1. The van der Waals surface area contributed by atoms with E-state index in [0.717, 1.165) is 19.3 Å². The summed E-state index contributed by atoms with van der Waals surface area (Å²) in [6.45, 7) is 9.06. The molecule has 0 aromatic heterocycles. The van der Waals surface area contributed by atoms with Crippen LogP contribution in [-0.2, 0) is 14.8 Å². The fourth-order valence-electron chi connectivity index (χ4n) is 4.82. The van der Waals surface area contributed by atoms with Crippen LogP contribution in [0.4, 0.5) is 5.69 Å². The van der Waals surface area contributed by atoms with Crippen LogP contribution in [0.1, 0.15) is 52.5 Å². The molecule has 4 atom stereocenters. The van der Waals surface area contributed by atoms with Gasteiger partial charge in [-0.3, -0.25) is 4.72 Å². The molecule has 1 fully saturated rings. The Bertz CT molecular complexity index is 1190. The number of benzene rings is 2. The molecular formula is C26H32Cl2N2O4S. The summed E-state index contributed by atoms with van der Waals surface area (Å²) in [5.74, 6) is 2.22. The summed E-state index contributed by atoms with van der Waals surface area (Å²) in [5.41, 5.74) is 0.844. The molecule has 0 amide bonds. The van der Waals surface area contributed by atoms with Gasteiger partial charge in [0.25, 0.3) is 10.0 Å². The summed E-state index contributed by atoms with van der Waals surface area (Å²) in [7, 11) is -4.03. The van der Waals surface area contributed by atoms with E-state index in [9.17, 15) is 8.42 Å². The van der Waals surface area contributed by atoms with E-state index in [2.05, 4.69) is 32.4 Å². The summed E-state index contributed by atoms with van der Waals surface area (Å²) in [6, 6.07) is 9.64. The molecule has 6 nitrogen and oxygen atoms in total. The standard InChI is InChI=1S/C26H32Cl2N2O4S/c1-15(2)23-14-33-26(29-23)22-6-5-7-24(34-20-9-16(3)8-17(4)10-20)25(22)30-35(31,32)21-12-18(27)11-19(28)13-21/h5-7,11-13,15-17,20,23,30H,8-10,14H2,1-4H3/t16-,17+,20?,23-/m0/s1. The molecule has 2 aromatic carbocycles. The van der Waals surface area contributed by atoms with Crippen molar-refractivity contribution in [1.29, 1.82) is 0 Å². The Morgan fingerprint density at radius 2 is 1.71 bits per heavy atom. The highest BCUT2D eigenvalue weighted by atomic mass is 35.5. The van der Waals surface area contributed by atoms with Gasteiger partial charge in [-0.05, 0) is 67.3 Å². The van der Waals surface area contributed by atoms with Crippen molar-refractivity contribution in [3.05, 3.63) is 52.0 Å². The van der Waals surface area contributed by atoms with E-state index in [1.54, 1.807) is 12.1 Å². The first-order valence-electron chi connectivity index (χ1n) is 12.0. The number of ether oxygens (including phenoxy) is 2. The van der Waals surface area contributed by atoms with Crippen molar-refractivity contribution in [3.8, 4) is 5.75 Å². The third-order valence-corrected chi connectivity index (χ3v) is 8.28. The Morgan fingerprint density at radius 3 is 2.31 bits per heavy atom. The smallest absolute Gasteiger partial charge is 0.262 e. The molecule has 0 saturated heterocycles. The number of nitrogens with zero attached hydrogens (tertiary/aromatic N) is 1. The van der Waals surface area contributed by atoms with Gasteiger partial charge in [-0.25, -0.2) is 13.4 Å². The largest absolute Gasteiger partial charge is 0.488 e. The Hall–Kier alpha value is -1.96. The maximum atomic E-state index is 13.4. The third-order valence-electron chi connectivity index (χ3n) is 6.51. The molecule has 1 saturated carbocycles. The predicted molar refractivity (Wildman–Crippen MR) is 141 cm³/mol. The number of aliphatic imine (C=N–C) groups is 1. The number of halogens is 2. The number of hydrogen-bond acceptors (Lipinski definition) is 5. The molecule has 1 heterocycles. The van der Waals surface area contributed by atoms with Crippen LogP contribution in [0.3, 0.4) is 0 Å². The minimum atomic E-state index is -4.03. The molecule has 1 aliphatic heterocycles. The zero-order chi connectivity index (χ0) is 25.3. The summed E-state index contributed by atoms with van der Waals surface area (Å²) < 4.78 is 41.9. The van der Waals surface area contributed by atoms with Crippen molar-refractivity contribution < 1.29 is 17.9 Å². The highest BCUT2D eigenvalue weighted by Gasteiger charge is 2.30. The molecule has 0 radical (unpaired) electrons. The van der Waals surface area contributed by atoms with E-state index in [-0.39, 0.29) is 27.1 Å². The second-order valence-electron chi connectivity index (χ2n) is 10.1. The second-order valence-corrected chi connectivity index (χ2v) is 12.7. The van der Waals surface area contributed by atoms with Gasteiger partial charge in [0.1, 0.15) is 18.0 Å². The Morgan fingerprint density at radius 1 is 1.06 bits per heavy atom. The lowest BCUT2D eigenvalue weighted by Gasteiger charge is -2.32. The fourth-order valence-corrected chi connectivity index (χ4v) is 6.63. The van der Waals surface area contributed by atoms with Gasteiger partial charge in [-0.1, -0.05) is 57.0 Å². The van der Waals surface area contributed by atoms with Gasteiger partial charge in [-0.15, -0.1) is 0 Å². The van der Waals surface area contributed by atoms with Gasteiger partial charge >= 0.3 is 0 Å². The molecule has 1 aliphatic carbocycles. The lowest BCUT2D eigenvalue weighted by molar-refractivity contribution is 0.102. The van der Waals surface area contributed by atoms with Crippen LogP contribution in [-0.4, -0.2) is 33.1 Å². The van der Waals surface area contributed by atoms with Crippen molar-refractivity contribution in [2.75, 3.05) is 11.3 Å². The minimum Gasteiger partial charge on any atom is -0.488 e. The van der Waals surface area contributed by atoms with Crippen LogP contribution < -0.4 is 9.46 Å². The lowest BCUT2D eigenvalue weighted by Crippen LogP contribution is -2.29. The Balaban J connectivity index is 1.75. The molecule has 9 heteroatoms. The molecular weight excluding hydrogens is 507 g/mol. The van der Waals surface area contributed by atoms with Crippen LogP contribution in [0, 0.1) is 17.8 Å². The van der Waals surface area contributed by atoms with Gasteiger partial charge in [0, 0.05) is 10.0 Å². The number of hydrogen-bond donors (Lipinski definition) is 1. The van der Waals surface area contributed by atoms with Gasteiger partial charge in [0.15, 0.2) is 0 Å². The lowest BCUT2D eigenvalue weighted by atomic mass is 9.82. The monoisotopic (exact) mass is 538 g/mol. The fraction of sp³-hybridized carbons (Fsp3) is 0.500. The van der Waals surface area contributed by atoms with E-state index in [0.29, 0.717) is 47.3 Å². The van der Waals surface area contributed by atoms with E-state index in [1.807, 2.05) is 6.07 Å². The SMILES string of the molecule is CC(C)[C@@H]1COC(c2cccc(OC3C[C@@H](C)C[C@@H](C)C3)c2NS(=O)(=O)c2cc(Cl)cc(Cl)c2)=N1. The molecule has 190 valence electrons. The van der Waals surface area contributed by atoms with E-state index < -0.39 is 10.0 Å². The molecule has 4 rings (SSSR count). The van der Waals surface area contributed by atoms with Crippen molar-refractivity contribution in [2.45, 2.75) is 64.0 Å². The van der Waals surface area contributed by atoms with E-state index in [4.69, 9.17) is 37.7 Å². The maximum absolute atomic E-state index is 13.4. The molecule has 1 unspecified atom stereocenters. The highest BCUT2D eigenvalue weighted by Crippen LogP contribution is 2.38. The normalized spacial score (nSPS) is 24.7. The molecule has 0 spiro atoms. The number of sulfonamides is 1. The van der Waals surface area contributed by atoms with Crippen LogP contribution in [0.25, 0.3) is 0 Å². The maximum Gasteiger partial charge on any atom is 0.262 e. The summed E-state index contributed by atoms with van der Waals surface area (Å²) in [4.78, 5) is 4.69. The molecule has 2 aromatic rings. The summed E-state index contributed by atoms with van der Waals surface area (Å²) in [6.07, 6.45) is 2.98. The predicted octanol–water partition coefficient (Wildman–Crippen LogP) is 6.80. The number of para-hydroxylation sites is 1. The van der Waals surface area contributed by atoms with Crippen LogP contribution in [0.5, 0.6) is 5.75 Å². The van der Waals surface area contributed by atoms with Gasteiger partial charge < -0.3 is 9.47 Å². The first-order chi connectivity index (χ1) is 16.5. The average Bonchev–Trinajstić information content (AvgIpc) is 3.24. The average molecular weight is 540 g/mol. The molecule has 0 bridgehead atoms. The zero-order valence-corrected chi connectivity index (χ0v) is 22.8. The molecule has 35 heavy (non-hydrogen) atoms. The Labute approximate surface area is 218 Å². The van der Waals surface area contributed by atoms with Crippen molar-refractivity contribution >= 4 is 44.8 Å². The summed E-state index contributed by atoms with van der Waals surface area (Å²) in [5, 5.41) is 0.465. The second kappa shape index (κ2) is 10.6. The first kappa shape index (κ1) is 26.1. The van der Waals surface area contributed by atoms with Gasteiger partial charge in [-0.2, -0.15) is 0 Å². The molecule has 1 N–H and O–H groups in total. The zero-order valence-electron chi connectivity index (χ0n) is 20.4. The van der Waals surface area contributed by atoms with Crippen LogP contribution >= 0.6 is 23.2 Å². The van der Waals surface area contributed by atoms with E-state index >= 15 is 0 Å². The first-order valence-corrected chi connectivity index (χ1v) is 14.2. The van der Waals surface area contributed by atoms with Gasteiger partial charge in [0.05, 0.1) is 22.6 Å². The van der Waals surface area contributed by atoms with Crippen molar-refractivity contribution in [1.82, 2.24) is 0 Å². The molecule has 2 aliphatic rings. The van der Waals surface area contributed by atoms with Crippen molar-refractivity contribution in [2.24, 2.45) is 22.7 Å². The Kier molecular flexibility index (Phi) is 7.89. The van der Waals surface area contributed by atoms with Crippen molar-refractivity contribution in [3.63, 3.8) is 0 Å². The highest BCUT2D eigenvalue weighted by molar-refractivity contribution is 7.92. The summed E-state index contributed by atoms with van der Waals surface area (Å²) >= 11 is 12.2. The van der Waals surface area contributed by atoms with Crippen LogP contribution in [0.2, 0.25) is 10.0 Å². The minimum absolute atomic E-state index is 0.00538. The quantitative estimate of drug-likeness (QED) is 0.420. The van der Waals surface area contributed by atoms with E-state index in [1.165, 1.54) is 18.2 Å². The third kappa shape index (κ3) is 6.25. The number of anilines is 1. The topological polar surface area (TPSA) is 77.0 Å².